The third-order valence-corrected chi connectivity index (χ3v) is 7.97. The zero-order valence-electron chi connectivity index (χ0n) is 25.5. The van der Waals surface area contributed by atoms with Gasteiger partial charge in [0.2, 0.25) is 5.82 Å². The summed E-state index contributed by atoms with van der Waals surface area (Å²) in [6, 6.07) is 9.45. The van der Waals surface area contributed by atoms with Crippen LogP contribution in [0.3, 0.4) is 0 Å². The van der Waals surface area contributed by atoms with Crippen LogP contribution >= 0.6 is 11.3 Å². The van der Waals surface area contributed by atoms with Gasteiger partial charge in [0.05, 0.1) is 72.7 Å². The van der Waals surface area contributed by atoms with Gasteiger partial charge in [-0.25, -0.2) is 9.18 Å². The average Bonchev–Trinajstić information content (AvgIpc) is 3.76. The number of fused-ring (bicyclic) bond motifs is 1. The standard InChI is InChI=1S/C32H37F2N5O6S/c1-41-12-13-43-16-17-44-15-14-42-11-10-35-19-21-2-5-23(37-20-21)28-18-25-31(46-28)27(8-9-36-25)45-26-7-6-24(29(33)30(26)34)39-32(40)38-22-3-4-22/h2,5-9,18,20,22,35H,3-4,10-17,19H2,1H3,(H2,38,39,40). The van der Waals surface area contributed by atoms with Gasteiger partial charge < -0.3 is 39.6 Å². The normalized spacial score (nSPS) is 12.8. The first-order valence-electron chi connectivity index (χ1n) is 15.0. The van der Waals surface area contributed by atoms with Crippen LogP contribution in [-0.2, 0) is 25.5 Å². The van der Waals surface area contributed by atoms with E-state index in [0.29, 0.717) is 75.3 Å². The Bertz CT molecular complexity index is 1570. The molecule has 0 aliphatic heterocycles. The number of carbonyl (C=O) groups excluding carboxylic acids is 1. The van der Waals surface area contributed by atoms with Crippen molar-refractivity contribution in [1.82, 2.24) is 20.6 Å². The van der Waals surface area contributed by atoms with E-state index in [-0.39, 0.29) is 17.5 Å². The molecule has 14 heteroatoms. The largest absolute Gasteiger partial charge is 0.453 e. The van der Waals surface area contributed by atoms with Crippen molar-refractivity contribution < 1.29 is 37.3 Å². The highest BCUT2D eigenvalue weighted by Gasteiger charge is 2.24. The summed E-state index contributed by atoms with van der Waals surface area (Å²) in [7, 11) is 1.64. The van der Waals surface area contributed by atoms with Crippen LogP contribution in [0, 0.1) is 11.6 Å². The molecule has 0 radical (unpaired) electrons. The van der Waals surface area contributed by atoms with Crippen LogP contribution < -0.4 is 20.7 Å². The van der Waals surface area contributed by atoms with Crippen molar-refractivity contribution in [2.24, 2.45) is 0 Å². The van der Waals surface area contributed by atoms with E-state index in [9.17, 15) is 13.6 Å². The fourth-order valence-corrected chi connectivity index (χ4v) is 5.30. The summed E-state index contributed by atoms with van der Waals surface area (Å²) in [4.78, 5) is 21.8. The van der Waals surface area contributed by atoms with Crippen molar-refractivity contribution in [2.75, 3.05) is 65.2 Å². The molecular weight excluding hydrogens is 620 g/mol. The molecule has 1 aliphatic rings. The van der Waals surface area contributed by atoms with Gasteiger partial charge in [-0.05, 0) is 42.7 Å². The molecule has 2 amide bonds. The molecule has 46 heavy (non-hydrogen) atoms. The molecule has 0 unspecified atom stereocenters. The smallest absolute Gasteiger partial charge is 0.319 e. The van der Waals surface area contributed by atoms with Gasteiger partial charge in [-0.15, -0.1) is 11.3 Å². The predicted molar refractivity (Wildman–Crippen MR) is 170 cm³/mol. The van der Waals surface area contributed by atoms with Crippen molar-refractivity contribution in [3.63, 3.8) is 0 Å². The number of halogens is 2. The molecule has 4 aromatic rings. The number of anilines is 1. The first kappa shape index (κ1) is 33.6. The number of nitrogens with zero attached hydrogens (tertiary/aromatic N) is 2. The van der Waals surface area contributed by atoms with Crippen LogP contribution in [0.1, 0.15) is 18.4 Å². The van der Waals surface area contributed by atoms with E-state index in [1.165, 1.54) is 23.5 Å². The second-order valence-corrected chi connectivity index (χ2v) is 11.5. The molecule has 246 valence electrons. The maximum atomic E-state index is 14.9. The van der Waals surface area contributed by atoms with Gasteiger partial charge in [-0.1, -0.05) is 6.07 Å². The molecule has 3 heterocycles. The fraction of sp³-hybridized carbons (Fsp3) is 0.406. The van der Waals surface area contributed by atoms with Crippen LogP contribution in [0.5, 0.6) is 11.5 Å². The number of aromatic nitrogens is 2. The van der Waals surface area contributed by atoms with E-state index in [1.54, 1.807) is 25.6 Å². The topological polar surface area (TPSA) is 125 Å². The number of methoxy groups -OCH3 is 1. The maximum Gasteiger partial charge on any atom is 0.319 e. The Morgan fingerprint density at radius 3 is 2.39 bits per heavy atom. The number of urea groups is 1. The van der Waals surface area contributed by atoms with E-state index in [1.807, 2.05) is 18.2 Å². The summed E-state index contributed by atoms with van der Waals surface area (Å²) < 4.78 is 57.4. The van der Waals surface area contributed by atoms with Crippen LogP contribution in [-0.4, -0.2) is 81.9 Å². The number of pyridine rings is 2. The van der Waals surface area contributed by atoms with Crippen molar-refractivity contribution in [3.8, 4) is 22.1 Å². The van der Waals surface area contributed by atoms with Gasteiger partial charge in [-0.2, -0.15) is 4.39 Å². The first-order valence-corrected chi connectivity index (χ1v) is 15.8. The summed E-state index contributed by atoms with van der Waals surface area (Å²) >= 11 is 1.39. The number of nitrogens with one attached hydrogen (secondary N) is 3. The summed E-state index contributed by atoms with van der Waals surface area (Å²) in [6.45, 7) is 5.12. The summed E-state index contributed by atoms with van der Waals surface area (Å²) in [5, 5.41) is 8.35. The number of carbonyl (C=O) groups is 1. The minimum atomic E-state index is -1.20. The van der Waals surface area contributed by atoms with E-state index >= 15 is 0 Å². The minimum absolute atomic E-state index is 0.0847. The highest BCUT2D eigenvalue weighted by atomic mass is 32.1. The van der Waals surface area contributed by atoms with Crippen LogP contribution in [0.4, 0.5) is 19.3 Å². The Balaban J connectivity index is 1.08. The van der Waals surface area contributed by atoms with Gasteiger partial charge in [0, 0.05) is 44.7 Å². The number of ether oxygens (including phenoxy) is 5. The number of hydrogen-bond acceptors (Lipinski definition) is 10. The van der Waals surface area contributed by atoms with E-state index in [2.05, 4.69) is 25.9 Å². The molecule has 1 aromatic carbocycles. The molecule has 1 fully saturated rings. The fourth-order valence-electron chi connectivity index (χ4n) is 4.25. The van der Waals surface area contributed by atoms with Crippen LogP contribution in [0.15, 0.2) is 48.8 Å². The maximum absolute atomic E-state index is 14.9. The molecule has 5 rings (SSSR count). The Morgan fingerprint density at radius 2 is 1.67 bits per heavy atom. The van der Waals surface area contributed by atoms with Gasteiger partial charge >= 0.3 is 6.03 Å². The molecule has 11 nitrogen and oxygen atoms in total. The SMILES string of the molecule is COCCOCCOCCOCCNCc1ccc(-c2cc3nccc(Oc4ccc(NC(=O)NC5CC5)c(F)c4F)c3s2)nc1. The van der Waals surface area contributed by atoms with Gasteiger partial charge in [0.25, 0.3) is 0 Å². The third-order valence-electron chi connectivity index (χ3n) is 6.81. The number of thiophene rings is 1. The predicted octanol–water partition coefficient (Wildman–Crippen LogP) is 5.50. The summed E-state index contributed by atoms with van der Waals surface area (Å²) in [5.41, 5.74) is 2.14. The highest BCUT2D eigenvalue weighted by Crippen LogP contribution is 2.39. The Hall–Kier alpha value is -3.79. The van der Waals surface area contributed by atoms with E-state index in [0.717, 1.165) is 29.0 Å². The zero-order chi connectivity index (χ0) is 32.1. The Morgan fingerprint density at radius 1 is 0.913 bits per heavy atom. The lowest BCUT2D eigenvalue weighted by molar-refractivity contribution is 0.00408. The monoisotopic (exact) mass is 657 g/mol. The van der Waals surface area contributed by atoms with Gasteiger partial charge in [0.15, 0.2) is 11.6 Å². The number of amides is 2. The number of rotatable bonds is 19. The van der Waals surface area contributed by atoms with Crippen LogP contribution in [0.25, 0.3) is 20.8 Å². The second kappa shape index (κ2) is 17.2. The molecular formula is C32H37F2N5O6S. The van der Waals surface area contributed by atoms with Gasteiger partial charge in [0.1, 0.15) is 5.75 Å². The van der Waals surface area contributed by atoms with Crippen LogP contribution in [0.2, 0.25) is 0 Å². The Kier molecular flexibility index (Phi) is 12.6. The lowest BCUT2D eigenvalue weighted by atomic mass is 10.2. The summed E-state index contributed by atoms with van der Waals surface area (Å²) in [5.74, 6) is -2.38. The molecule has 1 saturated carbocycles. The molecule has 0 spiro atoms. The number of benzene rings is 1. The van der Waals surface area contributed by atoms with Crippen molar-refractivity contribution in [1.29, 1.82) is 0 Å². The van der Waals surface area contributed by atoms with Crippen molar-refractivity contribution in [2.45, 2.75) is 25.4 Å². The molecule has 0 saturated heterocycles. The molecule has 1 aliphatic carbocycles. The molecule has 3 aromatic heterocycles. The zero-order valence-corrected chi connectivity index (χ0v) is 26.3. The number of hydrogen-bond donors (Lipinski definition) is 3. The molecule has 0 atom stereocenters. The van der Waals surface area contributed by atoms with Crippen molar-refractivity contribution >= 4 is 33.3 Å². The third kappa shape index (κ3) is 9.85. The van der Waals surface area contributed by atoms with E-state index in [4.69, 9.17) is 23.7 Å². The molecule has 0 bridgehead atoms. The molecule has 3 N–H and O–H groups in total. The van der Waals surface area contributed by atoms with Crippen molar-refractivity contribution in [3.05, 3.63) is 66.0 Å². The minimum Gasteiger partial charge on any atom is -0.453 e. The Labute approximate surface area is 269 Å². The van der Waals surface area contributed by atoms with Gasteiger partial charge in [-0.3, -0.25) is 9.97 Å². The van der Waals surface area contributed by atoms with E-state index < -0.39 is 17.7 Å². The second-order valence-electron chi connectivity index (χ2n) is 10.4. The lowest BCUT2D eigenvalue weighted by Gasteiger charge is -2.11. The highest BCUT2D eigenvalue weighted by molar-refractivity contribution is 7.22. The quantitative estimate of drug-likeness (QED) is 0.112. The summed E-state index contributed by atoms with van der Waals surface area (Å²) in [6.07, 6.45) is 5.10. The average molecular weight is 658 g/mol. The first-order chi connectivity index (χ1) is 22.5. The lowest BCUT2D eigenvalue weighted by Crippen LogP contribution is -2.30.